The second kappa shape index (κ2) is 11.4. The molecule has 34 heavy (non-hydrogen) atoms. The molecule has 176 valence electrons. The van der Waals surface area contributed by atoms with Crippen molar-refractivity contribution in [2.45, 2.75) is 24.0 Å². The normalized spacial score (nSPS) is 11.3. The quantitative estimate of drug-likeness (QED) is 0.321. The molecule has 0 saturated carbocycles. The van der Waals surface area contributed by atoms with Gasteiger partial charge >= 0.3 is 0 Å². The Labute approximate surface area is 202 Å². The number of ether oxygens (including phenoxy) is 2. The summed E-state index contributed by atoms with van der Waals surface area (Å²) >= 11 is 1.40. The highest BCUT2D eigenvalue weighted by atomic mass is 32.2. The van der Waals surface area contributed by atoms with Crippen molar-refractivity contribution in [2.75, 3.05) is 24.9 Å². The summed E-state index contributed by atoms with van der Waals surface area (Å²) in [4.78, 5) is 37.4. The molecule has 0 bridgehead atoms. The van der Waals surface area contributed by atoms with Gasteiger partial charge in [-0.15, -0.1) is 11.8 Å². The summed E-state index contributed by atoms with van der Waals surface area (Å²) in [6.45, 7) is 3.32. The van der Waals surface area contributed by atoms with Crippen LogP contribution in [0.1, 0.15) is 34.6 Å². The lowest BCUT2D eigenvalue weighted by Crippen LogP contribution is -2.22. The lowest BCUT2D eigenvalue weighted by Gasteiger charge is -2.13. The molecule has 0 aromatic heterocycles. The molecule has 1 atom stereocenters. The van der Waals surface area contributed by atoms with Gasteiger partial charge in [0.1, 0.15) is 0 Å². The van der Waals surface area contributed by atoms with Crippen molar-refractivity contribution in [2.24, 2.45) is 0 Å². The van der Waals surface area contributed by atoms with Crippen LogP contribution in [0, 0.1) is 0 Å². The number of benzene rings is 3. The van der Waals surface area contributed by atoms with E-state index < -0.39 is 0 Å². The fourth-order valence-electron chi connectivity index (χ4n) is 3.09. The number of rotatable bonds is 9. The average Bonchev–Trinajstić information content (AvgIpc) is 2.84. The minimum absolute atomic E-state index is 0.0230. The van der Waals surface area contributed by atoms with Crippen LogP contribution in [0.5, 0.6) is 11.5 Å². The first kappa shape index (κ1) is 24.9. The summed E-state index contributed by atoms with van der Waals surface area (Å²) < 4.78 is 10.4. The molecule has 3 rings (SSSR count). The molecule has 0 fully saturated rings. The van der Waals surface area contributed by atoms with Gasteiger partial charge in [0.2, 0.25) is 5.91 Å². The third kappa shape index (κ3) is 6.39. The van der Waals surface area contributed by atoms with Crippen LogP contribution >= 0.6 is 11.8 Å². The van der Waals surface area contributed by atoms with Crippen LogP contribution in [-0.4, -0.2) is 37.1 Å². The Kier molecular flexibility index (Phi) is 8.32. The lowest BCUT2D eigenvalue weighted by atomic mass is 10.1. The zero-order valence-corrected chi connectivity index (χ0v) is 20.2. The Morgan fingerprint density at radius 2 is 1.32 bits per heavy atom. The maximum absolute atomic E-state index is 12.6. The Hall–Kier alpha value is -3.78. The predicted molar refractivity (Wildman–Crippen MR) is 134 cm³/mol. The second-order valence-electron chi connectivity index (χ2n) is 7.43. The number of nitrogens with one attached hydrogen (secondary N) is 2. The molecule has 2 amide bonds. The topological polar surface area (TPSA) is 93.7 Å². The summed E-state index contributed by atoms with van der Waals surface area (Å²) in [6, 6.07) is 19.0. The number of hydrogen-bond donors (Lipinski definition) is 2. The van der Waals surface area contributed by atoms with E-state index in [1.807, 2.05) is 19.1 Å². The van der Waals surface area contributed by atoms with E-state index in [2.05, 4.69) is 10.6 Å². The summed E-state index contributed by atoms with van der Waals surface area (Å²) in [7, 11) is 3.05. The average molecular weight is 479 g/mol. The molecule has 1 unspecified atom stereocenters. The second-order valence-corrected chi connectivity index (χ2v) is 8.85. The standard InChI is InChI=1S/C26H26N2O5S/c1-16(29)18-5-8-20(9-6-18)27-25(30)17(2)34-22-12-10-21(11-13-22)28-26(31)19-7-14-23(32-3)24(15-19)33-4/h5-15,17H,1-4H3,(H,27,30)(H,28,31). The molecule has 0 heterocycles. The van der Waals surface area contributed by atoms with E-state index in [4.69, 9.17) is 9.47 Å². The van der Waals surface area contributed by atoms with Gasteiger partial charge in [0, 0.05) is 27.4 Å². The molecule has 0 aliphatic rings. The highest BCUT2D eigenvalue weighted by Crippen LogP contribution is 2.29. The van der Waals surface area contributed by atoms with Crippen LogP contribution in [0.4, 0.5) is 11.4 Å². The molecule has 3 aromatic rings. The first-order valence-electron chi connectivity index (χ1n) is 10.5. The SMILES string of the molecule is COc1ccc(C(=O)Nc2ccc(SC(C)C(=O)Nc3ccc(C(C)=O)cc3)cc2)cc1OC. The summed E-state index contributed by atoms with van der Waals surface area (Å²) in [5.74, 6) is 0.581. The van der Waals surface area contributed by atoms with Crippen molar-refractivity contribution in [3.05, 3.63) is 77.9 Å². The Balaban J connectivity index is 1.57. The minimum atomic E-state index is -0.348. The highest BCUT2D eigenvalue weighted by molar-refractivity contribution is 8.00. The molecule has 8 heteroatoms. The van der Waals surface area contributed by atoms with Gasteiger partial charge in [-0.25, -0.2) is 0 Å². The fraction of sp³-hybridized carbons (Fsp3) is 0.192. The number of thioether (sulfide) groups is 1. The zero-order chi connectivity index (χ0) is 24.7. The van der Waals surface area contributed by atoms with E-state index in [0.717, 1.165) is 4.90 Å². The zero-order valence-electron chi connectivity index (χ0n) is 19.4. The predicted octanol–water partition coefficient (Wildman–Crippen LogP) is 5.28. The third-order valence-corrected chi connectivity index (χ3v) is 6.11. The number of ketones is 1. The van der Waals surface area contributed by atoms with Crippen molar-refractivity contribution in [1.29, 1.82) is 0 Å². The van der Waals surface area contributed by atoms with Gasteiger partial charge in [-0.3, -0.25) is 14.4 Å². The Morgan fingerprint density at radius 3 is 1.91 bits per heavy atom. The molecule has 3 aromatic carbocycles. The minimum Gasteiger partial charge on any atom is -0.493 e. The van der Waals surface area contributed by atoms with Crippen molar-refractivity contribution in [1.82, 2.24) is 0 Å². The Morgan fingerprint density at radius 1 is 0.765 bits per heavy atom. The highest BCUT2D eigenvalue weighted by Gasteiger charge is 2.15. The number of amides is 2. The lowest BCUT2D eigenvalue weighted by molar-refractivity contribution is -0.115. The summed E-state index contributed by atoms with van der Waals surface area (Å²) in [6.07, 6.45) is 0. The van der Waals surface area contributed by atoms with Crippen LogP contribution in [0.2, 0.25) is 0 Å². The number of anilines is 2. The molecule has 0 spiro atoms. The van der Waals surface area contributed by atoms with Gasteiger partial charge in [-0.2, -0.15) is 0 Å². The molecule has 0 aliphatic carbocycles. The van der Waals surface area contributed by atoms with Gasteiger partial charge in [0.25, 0.3) is 5.91 Å². The van der Waals surface area contributed by atoms with Crippen LogP contribution < -0.4 is 20.1 Å². The van der Waals surface area contributed by atoms with Gasteiger partial charge in [-0.05, 0) is 80.6 Å². The number of methoxy groups -OCH3 is 2. The molecule has 7 nitrogen and oxygen atoms in total. The largest absolute Gasteiger partial charge is 0.493 e. The molecule has 0 aliphatic heterocycles. The van der Waals surface area contributed by atoms with E-state index in [1.54, 1.807) is 54.6 Å². The van der Waals surface area contributed by atoms with Crippen LogP contribution in [0.3, 0.4) is 0 Å². The fourth-order valence-corrected chi connectivity index (χ4v) is 3.95. The van der Waals surface area contributed by atoms with E-state index in [1.165, 1.54) is 32.9 Å². The van der Waals surface area contributed by atoms with E-state index >= 15 is 0 Å². The third-order valence-electron chi connectivity index (χ3n) is 5.00. The maximum Gasteiger partial charge on any atom is 0.255 e. The van der Waals surface area contributed by atoms with Crippen LogP contribution in [0.15, 0.2) is 71.6 Å². The molecule has 0 saturated heterocycles. The maximum atomic E-state index is 12.6. The van der Waals surface area contributed by atoms with E-state index in [-0.39, 0.29) is 22.8 Å². The number of Topliss-reactive ketones (excluding diaryl/α,β-unsaturated/α-hetero) is 1. The number of hydrogen-bond acceptors (Lipinski definition) is 6. The van der Waals surface area contributed by atoms with Gasteiger partial charge in [0.05, 0.1) is 19.5 Å². The van der Waals surface area contributed by atoms with Gasteiger partial charge in [-0.1, -0.05) is 0 Å². The van der Waals surface area contributed by atoms with Crippen LogP contribution in [0.25, 0.3) is 0 Å². The van der Waals surface area contributed by atoms with Crippen molar-refractivity contribution >= 4 is 40.7 Å². The first-order valence-corrected chi connectivity index (χ1v) is 11.4. The van der Waals surface area contributed by atoms with Crippen molar-refractivity contribution < 1.29 is 23.9 Å². The number of carbonyl (C=O) groups excluding carboxylic acids is 3. The molecule has 0 radical (unpaired) electrons. The van der Waals surface area contributed by atoms with E-state index in [9.17, 15) is 14.4 Å². The summed E-state index contributed by atoms with van der Waals surface area (Å²) in [5, 5.41) is 5.35. The van der Waals surface area contributed by atoms with Crippen molar-refractivity contribution in [3.63, 3.8) is 0 Å². The summed E-state index contributed by atoms with van der Waals surface area (Å²) in [5.41, 5.74) is 2.30. The molecule has 2 N–H and O–H groups in total. The Bertz CT molecular complexity index is 1180. The monoisotopic (exact) mass is 478 g/mol. The van der Waals surface area contributed by atoms with Gasteiger partial charge < -0.3 is 20.1 Å². The van der Waals surface area contributed by atoms with E-state index in [0.29, 0.717) is 34.0 Å². The molecular weight excluding hydrogens is 452 g/mol. The van der Waals surface area contributed by atoms with Crippen LogP contribution in [-0.2, 0) is 4.79 Å². The molecular formula is C26H26N2O5S. The number of carbonyl (C=O) groups is 3. The van der Waals surface area contributed by atoms with Crippen molar-refractivity contribution in [3.8, 4) is 11.5 Å². The van der Waals surface area contributed by atoms with Gasteiger partial charge in [0.15, 0.2) is 17.3 Å². The first-order chi connectivity index (χ1) is 16.3. The smallest absolute Gasteiger partial charge is 0.255 e.